The van der Waals surface area contributed by atoms with Crippen LogP contribution in [0.1, 0.15) is 68.1 Å². The minimum absolute atomic E-state index is 0.159. The van der Waals surface area contributed by atoms with E-state index < -0.39 is 11.6 Å². The van der Waals surface area contributed by atoms with Gasteiger partial charge in [-0.15, -0.1) is 0 Å². The standard InChI is InChI=1S/C23H25F2NO/c1-2-3-16-4-8-18(9-5-16)19-10-6-17(7-11-19)15-27-21-13-12-20(14-26)22(24)23(21)25/h6-7,10-13,16,18H,2-5,8-9,15H2,1H3/t16-,18-. The number of rotatable bonds is 6. The zero-order valence-corrected chi connectivity index (χ0v) is 15.7. The number of halogens is 2. The number of ether oxygens (including phenoxy) is 1. The van der Waals surface area contributed by atoms with Gasteiger partial charge in [-0.05, 0) is 60.8 Å². The highest BCUT2D eigenvalue weighted by Crippen LogP contribution is 2.37. The summed E-state index contributed by atoms with van der Waals surface area (Å²) in [5, 5.41) is 8.72. The molecule has 0 atom stereocenters. The van der Waals surface area contributed by atoms with E-state index in [1.807, 2.05) is 12.1 Å². The lowest BCUT2D eigenvalue weighted by Gasteiger charge is -2.28. The quantitative estimate of drug-likeness (QED) is 0.583. The highest BCUT2D eigenvalue weighted by molar-refractivity contribution is 5.38. The van der Waals surface area contributed by atoms with Crippen molar-refractivity contribution in [3.63, 3.8) is 0 Å². The van der Waals surface area contributed by atoms with Crippen LogP contribution < -0.4 is 4.74 Å². The summed E-state index contributed by atoms with van der Waals surface area (Å²) in [6.07, 6.45) is 7.73. The second-order valence-corrected chi connectivity index (χ2v) is 7.39. The maximum atomic E-state index is 13.9. The van der Waals surface area contributed by atoms with Crippen LogP contribution in [0.2, 0.25) is 0 Å². The van der Waals surface area contributed by atoms with E-state index >= 15 is 0 Å². The molecule has 0 amide bonds. The SMILES string of the molecule is CCC[C@H]1CC[C@H](c2ccc(COc3ccc(C#N)c(F)c3F)cc2)CC1. The third-order valence-corrected chi connectivity index (χ3v) is 5.56. The predicted molar refractivity (Wildman–Crippen MR) is 101 cm³/mol. The monoisotopic (exact) mass is 369 g/mol. The van der Waals surface area contributed by atoms with Crippen molar-refractivity contribution in [1.29, 1.82) is 5.26 Å². The smallest absolute Gasteiger partial charge is 0.202 e. The van der Waals surface area contributed by atoms with E-state index in [4.69, 9.17) is 10.00 Å². The summed E-state index contributed by atoms with van der Waals surface area (Å²) in [7, 11) is 0. The molecule has 3 rings (SSSR count). The van der Waals surface area contributed by atoms with E-state index in [0.717, 1.165) is 11.5 Å². The zero-order chi connectivity index (χ0) is 19.2. The van der Waals surface area contributed by atoms with Gasteiger partial charge in [0.05, 0.1) is 5.56 Å². The number of hydrogen-bond acceptors (Lipinski definition) is 2. The van der Waals surface area contributed by atoms with Gasteiger partial charge in [0.1, 0.15) is 12.7 Å². The lowest BCUT2D eigenvalue weighted by atomic mass is 9.77. The molecule has 0 saturated heterocycles. The van der Waals surface area contributed by atoms with Crippen LogP contribution >= 0.6 is 0 Å². The van der Waals surface area contributed by atoms with Crippen molar-refractivity contribution >= 4 is 0 Å². The molecular formula is C23H25F2NO. The first-order valence-corrected chi connectivity index (χ1v) is 9.72. The second-order valence-electron chi connectivity index (χ2n) is 7.39. The molecule has 27 heavy (non-hydrogen) atoms. The van der Waals surface area contributed by atoms with Crippen molar-refractivity contribution < 1.29 is 13.5 Å². The van der Waals surface area contributed by atoms with E-state index in [1.54, 1.807) is 6.07 Å². The molecule has 1 fully saturated rings. The van der Waals surface area contributed by atoms with Crippen molar-refractivity contribution in [3.05, 3.63) is 64.7 Å². The molecule has 0 unspecified atom stereocenters. The first-order valence-electron chi connectivity index (χ1n) is 9.72. The maximum Gasteiger partial charge on any atom is 0.202 e. The van der Waals surface area contributed by atoms with Crippen LogP contribution in [0.25, 0.3) is 0 Å². The minimum Gasteiger partial charge on any atom is -0.486 e. The fourth-order valence-corrected chi connectivity index (χ4v) is 3.97. The Labute approximate surface area is 159 Å². The van der Waals surface area contributed by atoms with Crippen molar-refractivity contribution in [3.8, 4) is 11.8 Å². The molecule has 142 valence electrons. The fraction of sp³-hybridized carbons (Fsp3) is 0.435. The van der Waals surface area contributed by atoms with Gasteiger partial charge < -0.3 is 4.74 Å². The predicted octanol–water partition coefficient (Wildman–Crippen LogP) is 6.49. The Morgan fingerprint density at radius 1 is 1.00 bits per heavy atom. The maximum absolute atomic E-state index is 13.9. The number of nitrogens with zero attached hydrogens (tertiary/aromatic N) is 1. The minimum atomic E-state index is -1.16. The van der Waals surface area contributed by atoms with Crippen molar-refractivity contribution in [2.24, 2.45) is 5.92 Å². The number of hydrogen-bond donors (Lipinski definition) is 0. The van der Waals surface area contributed by atoms with Gasteiger partial charge >= 0.3 is 0 Å². The summed E-state index contributed by atoms with van der Waals surface area (Å²) in [5.41, 5.74) is 1.93. The van der Waals surface area contributed by atoms with Gasteiger partial charge in [0.15, 0.2) is 11.6 Å². The van der Waals surface area contributed by atoms with Crippen LogP contribution in [0.5, 0.6) is 5.75 Å². The molecule has 1 aliphatic rings. The van der Waals surface area contributed by atoms with Crippen LogP contribution in [0.15, 0.2) is 36.4 Å². The molecular weight excluding hydrogens is 344 g/mol. The largest absolute Gasteiger partial charge is 0.486 e. The molecule has 1 saturated carbocycles. The summed E-state index contributed by atoms with van der Waals surface area (Å²) < 4.78 is 32.9. The summed E-state index contributed by atoms with van der Waals surface area (Å²) in [6.45, 7) is 2.41. The number of benzene rings is 2. The summed E-state index contributed by atoms with van der Waals surface area (Å²) in [5.74, 6) is -0.942. The molecule has 0 bridgehead atoms. The van der Waals surface area contributed by atoms with Crippen LogP contribution in [0.4, 0.5) is 8.78 Å². The third-order valence-electron chi connectivity index (χ3n) is 5.56. The molecule has 2 nitrogen and oxygen atoms in total. The average molecular weight is 369 g/mol. The van der Waals surface area contributed by atoms with E-state index in [9.17, 15) is 8.78 Å². The molecule has 0 N–H and O–H groups in total. The highest BCUT2D eigenvalue weighted by Gasteiger charge is 2.21. The molecule has 2 aromatic carbocycles. The Kier molecular flexibility index (Phi) is 6.45. The van der Waals surface area contributed by atoms with E-state index in [1.165, 1.54) is 56.2 Å². The lowest BCUT2D eigenvalue weighted by molar-refractivity contribution is 0.284. The molecule has 0 spiro atoms. The first kappa shape index (κ1) is 19.4. The Morgan fingerprint density at radius 2 is 1.70 bits per heavy atom. The van der Waals surface area contributed by atoms with Gasteiger partial charge in [-0.1, -0.05) is 44.0 Å². The Morgan fingerprint density at radius 3 is 2.33 bits per heavy atom. The first-order chi connectivity index (χ1) is 13.1. The third kappa shape index (κ3) is 4.66. The molecule has 0 heterocycles. The summed E-state index contributed by atoms with van der Waals surface area (Å²) >= 11 is 0. The molecule has 4 heteroatoms. The van der Waals surface area contributed by atoms with Gasteiger partial charge in [-0.2, -0.15) is 9.65 Å². The normalized spacial score (nSPS) is 19.5. The van der Waals surface area contributed by atoms with E-state index in [2.05, 4.69) is 19.1 Å². The molecule has 0 radical (unpaired) electrons. The Bertz CT molecular complexity index is 802. The number of nitriles is 1. The van der Waals surface area contributed by atoms with Gasteiger partial charge in [0.25, 0.3) is 0 Å². The highest BCUT2D eigenvalue weighted by atomic mass is 19.2. The average Bonchev–Trinajstić information content (AvgIpc) is 2.70. The van der Waals surface area contributed by atoms with Gasteiger partial charge in [-0.3, -0.25) is 0 Å². The van der Waals surface area contributed by atoms with Crippen molar-refractivity contribution in [2.45, 2.75) is 58.0 Å². The van der Waals surface area contributed by atoms with Crippen molar-refractivity contribution in [2.75, 3.05) is 0 Å². The molecule has 1 aliphatic carbocycles. The topological polar surface area (TPSA) is 33.0 Å². The van der Waals surface area contributed by atoms with E-state index in [0.29, 0.717) is 5.92 Å². The van der Waals surface area contributed by atoms with Gasteiger partial charge in [0, 0.05) is 0 Å². The van der Waals surface area contributed by atoms with Gasteiger partial charge in [0.2, 0.25) is 5.82 Å². The zero-order valence-electron chi connectivity index (χ0n) is 15.7. The van der Waals surface area contributed by atoms with Crippen molar-refractivity contribution in [1.82, 2.24) is 0 Å². The fourth-order valence-electron chi connectivity index (χ4n) is 3.97. The summed E-state index contributed by atoms with van der Waals surface area (Å²) in [4.78, 5) is 0. The van der Waals surface area contributed by atoms with Gasteiger partial charge in [-0.25, -0.2) is 4.39 Å². The van der Waals surface area contributed by atoms with Crippen LogP contribution in [0.3, 0.4) is 0 Å². The lowest BCUT2D eigenvalue weighted by Crippen LogP contribution is -2.13. The van der Waals surface area contributed by atoms with Crippen LogP contribution in [-0.4, -0.2) is 0 Å². The molecule has 2 aromatic rings. The van der Waals surface area contributed by atoms with Crippen LogP contribution in [-0.2, 0) is 6.61 Å². The Hall–Kier alpha value is -2.41. The molecule has 0 aromatic heterocycles. The van der Waals surface area contributed by atoms with Crippen LogP contribution in [0, 0.1) is 28.9 Å². The second kappa shape index (κ2) is 8.99. The summed E-state index contributed by atoms with van der Waals surface area (Å²) in [6, 6.07) is 12.4. The Balaban J connectivity index is 1.57. The van der Waals surface area contributed by atoms with E-state index in [-0.39, 0.29) is 17.9 Å². The molecule has 0 aliphatic heterocycles.